The molecule has 0 saturated heterocycles. The highest BCUT2D eigenvalue weighted by molar-refractivity contribution is 7.89. The van der Waals surface area contributed by atoms with Gasteiger partial charge in [0.05, 0.1) is 13.3 Å². The van der Waals surface area contributed by atoms with Crippen LogP contribution in [0, 0.1) is 0 Å². The Labute approximate surface area is 118 Å². The van der Waals surface area contributed by atoms with Gasteiger partial charge in [-0.05, 0) is 17.7 Å². The SMILES string of the molecule is CCc1ncc(S(=O)(=O)NCc2ccc(OC)cc2)[nH]1. The Bertz CT molecular complexity index is 662. The number of sulfonamides is 1. The Morgan fingerprint density at radius 3 is 2.55 bits per heavy atom. The van der Waals surface area contributed by atoms with E-state index in [1.165, 1.54) is 6.20 Å². The maximum atomic E-state index is 12.1. The van der Waals surface area contributed by atoms with Gasteiger partial charge in [0.15, 0.2) is 5.03 Å². The predicted octanol–water partition coefficient (Wildman–Crippen LogP) is 1.46. The lowest BCUT2D eigenvalue weighted by molar-refractivity contribution is 0.414. The molecule has 0 radical (unpaired) electrons. The monoisotopic (exact) mass is 295 g/mol. The van der Waals surface area contributed by atoms with Crippen molar-refractivity contribution in [3.8, 4) is 5.75 Å². The van der Waals surface area contributed by atoms with Gasteiger partial charge in [0, 0.05) is 13.0 Å². The summed E-state index contributed by atoms with van der Waals surface area (Å²) in [6.07, 6.45) is 1.99. The molecule has 0 aliphatic rings. The van der Waals surface area contributed by atoms with Gasteiger partial charge >= 0.3 is 0 Å². The summed E-state index contributed by atoms with van der Waals surface area (Å²) in [6, 6.07) is 7.20. The van der Waals surface area contributed by atoms with Gasteiger partial charge in [0.1, 0.15) is 11.6 Å². The lowest BCUT2D eigenvalue weighted by atomic mass is 10.2. The molecule has 1 aromatic heterocycles. The number of benzene rings is 1. The standard InChI is InChI=1S/C13H17N3O3S/c1-3-12-14-9-13(16-12)20(17,18)15-8-10-4-6-11(19-2)7-5-10/h4-7,9,15H,3,8H2,1-2H3,(H,14,16). The van der Waals surface area contributed by atoms with Crippen LogP contribution in [0.15, 0.2) is 35.5 Å². The third kappa shape index (κ3) is 3.37. The van der Waals surface area contributed by atoms with Crippen molar-refractivity contribution in [2.75, 3.05) is 7.11 Å². The van der Waals surface area contributed by atoms with Crippen molar-refractivity contribution >= 4 is 10.0 Å². The quantitative estimate of drug-likeness (QED) is 0.845. The Morgan fingerprint density at radius 2 is 2.00 bits per heavy atom. The number of nitrogens with zero attached hydrogens (tertiary/aromatic N) is 1. The summed E-state index contributed by atoms with van der Waals surface area (Å²) in [5.74, 6) is 1.38. The molecule has 2 N–H and O–H groups in total. The molecule has 2 rings (SSSR count). The average molecular weight is 295 g/mol. The van der Waals surface area contributed by atoms with E-state index in [0.29, 0.717) is 12.2 Å². The first-order valence-corrected chi connectivity index (χ1v) is 7.70. The van der Waals surface area contributed by atoms with Crippen molar-refractivity contribution in [3.05, 3.63) is 41.9 Å². The predicted molar refractivity (Wildman–Crippen MR) is 75.0 cm³/mol. The van der Waals surface area contributed by atoms with Crippen LogP contribution in [0.1, 0.15) is 18.3 Å². The number of aryl methyl sites for hydroxylation is 1. The molecule has 20 heavy (non-hydrogen) atoms. The van der Waals surface area contributed by atoms with E-state index in [2.05, 4.69) is 14.7 Å². The molecule has 0 unspecified atom stereocenters. The molecule has 1 aromatic carbocycles. The van der Waals surface area contributed by atoms with E-state index in [4.69, 9.17) is 4.74 Å². The third-order valence-corrected chi connectivity index (χ3v) is 4.17. The average Bonchev–Trinajstić information content (AvgIpc) is 2.95. The van der Waals surface area contributed by atoms with E-state index in [1.54, 1.807) is 19.2 Å². The molecular weight excluding hydrogens is 278 g/mol. The fourth-order valence-corrected chi connectivity index (χ4v) is 2.61. The normalized spacial score (nSPS) is 11.5. The number of hydrogen-bond acceptors (Lipinski definition) is 4. The largest absolute Gasteiger partial charge is 0.497 e. The van der Waals surface area contributed by atoms with E-state index in [0.717, 1.165) is 11.3 Å². The van der Waals surface area contributed by atoms with Gasteiger partial charge in [0.25, 0.3) is 10.0 Å². The number of nitrogens with one attached hydrogen (secondary N) is 2. The van der Waals surface area contributed by atoms with Crippen LogP contribution in [0.4, 0.5) is 0 Å². The van der Waals surface area contributed by atoms with Crippen LogP contribution in [0.5, 0.6) is 5.75 Å². The van der Waals surface area contributed by atoms with Crippen LogP contribution < -0.4 is 9.46 Å². The van der Waals surface area contributed by atoms with Gasteiger partial charge in [-0.1, -0.05) is 19.1 Å². The highest BCUT2D eigenvalue weighted by Crippen LogP contribution is 2.12. The van der Waals surface area contributed by atoms with Crippen molar-refractivity contribution in [2.45, 2.75) is 24.9 Å². The Kier molecular flexibility index (Phi) is 4.41. The topological polar surface area (TPSA) is 84.1 Å². The van der Waals surface area contributed by atoms with E-state index in [-0.39, 0.29) is 11.6 Å². The first-order chi connectivity index (χ1) is 9.55. The third-order valence-electron chi connectivity index (χ3n) is 2.85. The molecule has 0 aliphatic heterocycles. The number of rotatable bonds is 6. The Hall–Kier alpha value is -1.86. The van der Waals surface area contributed by atoms with Crippen LogP contribution in [-0.4, -0.2) is 25.5 Å². The molecule has 0 spiro atoms. The number of aromatic nitrogens is 2. The lowest BCUT2D eigenvalue weighted by Crippen LogP contribution is -2.23. The van der Waals surface area contributed by atoms with Crippen molar-refractivity contribution in [1.29, 1.82) is 0 Å². The Morgan fingerprint density at radius 1 is 1.30 bits per heavy atom. The van der Waals surface area contributed by atoms with Gasteiger partial charge in [-0.2, -0.15) is 0 Å². The second-order valence-corrected chi connectivity index (χ2v) is 5.96. The molecule has 0 aliphatic carbocycles. The van der Waals surface area contributed by atoms with Crippen LogP contribution in [0.2, 0.25) is 0 Å². The van der Waals surface area contributed by atoms with Gasteiger partial charge in [-0.15, -0.1) is 0 Å². The number of H-pyrrole nitrogens is 1. The molecule has 1 heterocycles. The molecule has 108 valence electrons. The van der Waals surface area contributed by atoms with E-state index in [9.17, 15) is 8.42 Å². The highest BCUT2D eigenvalue weighted by atomic mass is 32.2. The zero-order valence-corrected chi connectivity index (χ0v) is 12.2. The van der Waals surface area contributed by atoms with Gasteiger partial charge in [-0.25, -0.2) is 18.1 Å². The lowest BCUT2D eigenvalue weighted by Gasteiger charge is -2.06. The van der Waals surface area contributed by atoms with Crippen molar-refractivity contribution < 1.29 is 13.2 Å². The summed E-state index contributed by atoms with van der Waals surface area (Å²) in [5.41, 5.74) is 0.851. The Balaban J connectivity index is 2.04. The van der Waals surface area contributed by atoms with Gasteiger partial charge < -0.3 is 9.72 Å². The van der Waals surface area contributed by atoms with Crippen molar-refractivity contribution in [1.82, 2.24) is 14.7 Å². The number of ether oxygens (including phenoxy) is 1. The minimum atomic E-state index is -3.56. The highest BCUT2D eigenvalue weighted by Gasteiger charge is 2.16. The van der Waals surface area contributed by atoms with Gasteiger partial charge in [0.2, 0.25) is 0 Å². The fourth-order valence-electron chi connectivity index (χ4n) is 1.66. The van der Waals surface area contributed by atoms with Crippen LogP contribution in [0.25, 0.3) is 0 Å². The maximum Gasteiger partial charge on any atom is 0.257 e. The minimum Gasteiger partial charge on any atom is -0.497 e. The first kappa shape index (κ1) is 14.5. The maximum absolute atomic E-state index is 12.1. The summed E-state index contributed by atoms with van der Waals surface area (Å²) < 4.78 is 31.7. The van der Waals surface area contributed by atoms with E-state index >= 15 is 0 Å². The van der Waals surface area contributed by atoms with Crippen LogP contribution in [0.3, 0.4) is 0 Å². The molecule has 0 amide bonds. The second kappa shape index (κ2) is 6.06. The molecule has 0 atom stereocenters. The zero-order valence-electron chi connectivity index (χ0n) is 11.4. The summed E-state index contributed by atoms with van der Waals surface area (Å²) >= 11 is 0. The molecule has 0 bridgehead atoms. The molecular formula is C13H17N3O3S. The van der Waals surface area contributed by atoms with E-state index in [1.807, 2.05) is 19.1 Å². The number of methoxy groups -OCH3 is 1. The summed E-state index contributed by atoms with van der Waals surface area (Å²) in [5, 5.41) is 0.0860. The molecule has 2 aromatic rings. The minimum absolute atomic E-state index is 0.0860. The molecule has 7 heteroatoms. The fraction of sp³-hybridized carbons (Fsp3) is 0.308. The zero-order chi connectivity index (χ0) is 14.6. The number of imidazole rings is 1. The molecule has 6 nitrogen and oxygen atoms in total. The summed E-state index contributed by atoms with van der Waals surface area (Å²) in [6.45, 7) is 2.12. The number of aromatic amines is 1. The smallest absolute Gasteiger partial charge is 0.257 e. The second-order valence-electron chi connectivity index (χ2n) is 4.22. The first-order valence-electron chi connectivity index (χ1n) is 6.21. The van der Waals surface area contributed by atoms with Crippen molar-refractivity contribution in [3.63, 3.8) is 0 Å². The van der Waals surface area contributed by atoms with Crippen molar-refractivity contribution in [2.24, 2.45) is 0 Å². The summed E-state index contributed by atoms with van der Waals surface area (Å²) in [4.78, 5) is 6.76. The molecule has 0 saturated carbocycles. The van der Waals surface area contributed by atoms with Crippen LogP contribution >= 0.6 is 0 Å². The summed E-state index contributed by atoms with van der Waals surface area (Å²) in [7, 11) is -1.98. The number of hydrogen-bond donors (Lipinski definition) is 2. The van der Waals surface area contributed by atoms with Crippen LogP contribution in [-0.2, 0) is 23.0 Å². The molecule has 0 fully saturated rings. The van der Waals surface area contributed by atoms with E-state index < -0.39 is 10.0 Å². The van der Waals surface area contributed by atoms with Gasteiger partial charge in [-0.3, -0.25) is 0 Å².